The third-order valence-corrected chi connectivity index (χ3v) is 8.15. The van der Waals surface area contributed by atoms with Crippen LogP contribution in [-0.2, 0) is 14.3 Å². The van der Waals surface area contributed by atoms with Gasteiger partial charge in [0.25, 0.3) is 0 Å². The molecule has 0 aromatic heterocycles. The van der Waals surface area contributed by atoms with E-state index in [1.165, 1.54) is 12.3 Å². The van der Waals surface area contributed by atoms with Gasteiger partial charge in [-0.3, -0.25) is 0 Å². The summed E-state index contributed by atoms with van der Waals surface area (Å²) < 4.78 is 10.2. The molecular formula is C19H29NO4Si. The van der Waals surface area contributed by atoms with Gasteiger partial charge >= 0.3 is 12.1 Å². The van der Waals surface area contributed by atoms with Crippen molar-refractivity contribution in [1.29, 1.82) is 0 Å². The van der Waals surface area contributed by atoms with E-state index in [0.29, 0.717) is 0 Å². The molecule has 0 fully saturated rings. The smallest absolute Gasteiger partial charge is 0.408 e. The summed E-state index contributed by atoms with van der Waals surface area (Å²) in [5.74, 6) is -0.507. The Balaban J connectivity index is 3.16. The molecule has 0 heterocycles. The third-order valence-electron chi connectivity index (χ3n) is 4.09. The van der Waals surface area contributed by atoms with Crippen LogP contribution in [0.3, 0.4) is 0 Å². The minimum atomic E-state index is -2.17. The SMILES string of the molecule is C=C[C@@H]([C@@H](NC(=O)OC(C)(C)C)C(=O)OC)[Si](C)(C)c1ccccc1. The Kier molecular flexibility index (Phi) is 6.99. The van der Waals surface area contributed by atoms with Crippen LogP contribution in [0, 0.1) is 0 Å². The van der Waals surface area contributed by atoms with E-state index < -0.39 is 31.8 Å². The van der Waals surface area contributed by atoms with Crippen LogP contribution in [0.4, 0.5) is 4.79 Å². The molecule has 1 amide bonds. The van der Waals surface area contributed by atoms with E-state index in [2.05, 4.69) is 25.0 Å². The highest BCUT2D eigenvalue weighted by Crippen LogP contribution is 2.28. The van der Waals surface area contributed by atoms with Gasteiger partial charge in [-0.1, -0.05) is 54.7 Å². The first-order valence-corrected chi connectivity index (χ1v) is 11.4. The van der Waals surface area contributed by atoms with Crippen molar-refractivity contribution in [1.82, 2.24) is 5.32 Å². The van der Waals surface area contributed by atoms with E-state index in [0.717, 1.165) is 0 Å². The van der Waals surface area contributed by atoms with Crippen molar-refractivity contribution in [3.05, 3.63) is 43.0 Å². The van der Waals surface area contributed by atoms with Gasteiger partial charge in [-0.05, 0) is 20.8 Å². The lowest BCUT2D eigenvalue weighted by molar-refractivity contribution is -0.143. The van der Waals surface area contributed by atoms with Crippen LogP contribution in [0.15, 0.2) is 43.0 Å². The molecule has 0 unspecified atom stereocenters. The minimum absolute atomic E-state index is 0.255. The number of nitrogens with one attached hydrogen (secondary N) is 1. The summed E-state index contributed by atoms with van der Waals surface area (Å²) in [5, 5.41) is 3.85. The summed E-state index contributed by atoms with van der Waals surface area (Å²) in [6.45, 7) is 13.5. The molecule has 2 atom stereocenters. The highest BCUT2D eigenvalue weighted by atomic mass is 28.3. The molecule has 1 aromatic rings. The maximum absolute atomic E-state index is 12.4. The average Bonchev–Trinajstić information content (AvgIpc) is 2.52. The molecule has 1 N–H and O–H groups in total. The number of carbonyl (C=O) groups excluding carboxylic acids is 2. The van der Waals surface area contributed by atoms with Crippen LogP contribution >= 0.6 is 0 Å². The monoisotopic (exact) mass is 363 g/mol. The lowest BCUT2D eigenvalue weighted by atomic mass is 10.2. The summed E-state index contributed by atoms with van der Waals surface area (Å²) in [5.41, 5.74) is -0.907. The van der Waals surface area contributed by atoms with Crippen molar-refractivity contribution in [2.24, 2.45) is 0 Å². The lowest BCUT2D eigenvalue weighted by Gasteiger charge is -2.35. The Morgan fingerprint density at radius 3 is 2.20 bits per heavy atom. The van der Waals surface area contributed by atoms with Crippen molar-refractivity contribution >= 4 is 25.3 Å². The van der Waals surface area contributed by atoms with E-state index in [4.69, 9.17) is 9.47 Å². The van der Waals surface area contributed by atoms with Crippen LogP contribution in [-0.4, -0.2) is 38.9 Å². The van der Waals surface area contributed by atoms with Gasteiger partial charge in [-0.25, -0.2) is 9.59 Å². The topological polar surface area (TPSA) is 64.6 Å². The zero-order valence-corrected chi connectivity index (χ0v) is 17.0. The molecule has 5 nitrogen and oxygen atoms in total. The fourth-order valence-electron chi connectivity index (χ4n) is 2.76. The first-order valence-electron chi connectivity index (χ1n) is 8.28. The standard InChI is InChI=1S/C19H29NO4Si/c1-8-15(25(6,7)14-12-10-9-11-13-14)16(17(21)23-5)20-18(22)24-19(2,3)4/h8-13,15-16H,1H2,2-7H3,(H,20,22)/t15-,16+/m0/s1. The van der Waals surface area contributed by atoms with Crippen LogP contribution in [0.5, 0.6) is 0 Å². The van der Waals surface area contributed by atoms with E-state index in [9.17, 15) is 9.59 Å². The molecule has 0 aliphatic carbocycles. The van der Waals surface area contributed by atoms with Crippen LogP contribution < -0.4 is 10.5 Å². The van der Waals surface area contributed by atoms with Gasteiger partial charge in [0.15, 0.2) is 0 Å². The number of alkyl carbamates (subject to hydrolysis) is 1. The normalized spacial score (nSPS) is 14.2. The summed E-state index contributed by atoms with van der Waals surface area (Å²) in [7, 11) is -0.857. The predicted octanol–water partition coefficient (Wildman–Crippen LogP) is 3.22. The number of methoxy groups -OCH3 is 1. The Labute approximate surface area is 151 Å². The molecule has 1 rings (SSSR count). The van der Waals surface area contributed by atoms with E-state index >= 15 is 0 Å². The van der Waals surface area contributed by atoms with Crippen molar-refractivity contribution in [2.75, 3.05) is 7.11 Å². The lowest BCUT2D eigenvalue weighted by Crippen LogP contribution is -2.56. The number of ether oxygens (including phenoxy) is 2. The number of amides is 1. The highest BCUT2D eigenvalue weighted by Gasteiger charge is 2.42. The van der Waals surface area contributed by atoms with Gasteiger partial charge in [-0.2, -0.15) is 0 Å². The second kappa shape index (κ2) is 8.34. The molecule has 0 spiro atoms. The van der Waals surface area contributed by atoms with Crippen LogP contribution in [0.1, 0.15) is 20.8 Å². The molecule has 1 aromatic carbocycles. The second-order valence-electron chi connectivity index (χ2n) is 7.50. The molecule has 25 heavy (non-hydrogen) atoms. The maximum atomic E-state index is 12.4. The summed E-state index contributed by atoms with van der Waals surface area (Å²) in [6.07, 6.45) is 1.09. The fraction of sp³-hybridized carbons (Fsp3) is 0.474. The van der Waals surface area contributed by atoms with Gasteiger partial charge in [0, 0.05) is 5.54 Å². The van der Waals surface area contributed by atoms with Crippen LogP contribution in [0.25, 0.3) is 0 Å². The molecule has 0 radical (unpaired) electrons. The molecular weight excluding hydrogens is 334 g/mol. The average molecular weight is 364 g/mol. The highest BCUT2D eigenvalue weighted by molar-refractivity contribution is 6.91. The van der Waals surface area contributed by atoms with Crippen molar-refractivity contribution < 1.29 is 19.1 Å². The second-order valence-corrected chi connectivity index (χ2v) is 12.2. The molecule has 0 saturated carbocycles. The Morgan fingerprint density at radius 1 is 1.20 bits per heavy atom. The van der Waals surface area contributed by atoms with E-state index in [-0.39, 0.29) is 5.54 Å². The van der Waals surface area contributed by atoms with Gasteiger partial charge in [0.1, 0.15) is 11.6 Å². The largest absolute Gasteiger partial charge is 0.467 e. The molecule has 0 aliphatic rings. The first-order chi connectivity index (χ1) is 11.5. The molecule has 138 valence electrons. The Hall–Kier alpha value is -2.08. The maximum Gasteiger partial charge on any atom is 0.408 e. The number of hydrogen-bond donors (Lipinski definition) is 1. The zero-order valence-electron chi connectivity index (χ0n) is 16.0. The van der Waals surface area contributed by atoms with Gasteiger partial charge in [-0.15, -0.1) is 6.58 Å². The molecule has 0 bridgehead atoms. The summed E-state index contributed by atoms with van der Waals surface area (Å²) >= 11 is 0. The van der Waals surface area contributed by atoms with Crippen molar-refractivity contribution in [2.45, 2.75) is 51.0 Å². The van der Waals surface area contributed by atoms with Gasteiger partial charge in [0.2, 0.25) is 0 Å². The van der Waals surface area contributed by atoms with E-state index in [1.54, 1.807) is 26.8 Å². The van der Waals surface area contributed by atoms with Crippen LogP contribution in [0.2, 0.25) is 18.6 Å². The van der Waals surface area contributed by atoms with E-state index in [1.807, 2.05) is 30.3 Å². The van der Waals surface area contributed by atoms with Crippen molar-refractivity contribution in [3.8, 4) is 0 Å². The summed E-state index contributed by atoms with van der Waals surface area (Å²) in [4.78, 5) is 24.6. The Bertz CT molecular complexity index is 608. The first kappa shape index (κ1) is 21.0. The molecule has 6 heteroatoms. The number of rotatable bonds is 6. The van der Waals surface area contributed by atoms with Gasteiger partial charge < -0.3 is 14.8 Å². The minimum Gasteiger partial charge on any atom is -0.467 e. The van der Waals surface area contributed by atoms with Crippen molar-refractivity contribution in [3.63, 3.8) is 0 Å². The molecule has 0 saturated heterocycles. The third kappa shape index (κ3) is 5.74. The quantitative estimate of drug-likeness (QED) is 0.479. The summed E-state index contributed by atoms with van der Waals surface area (Å²) in [6, 6.07) is 9.14. The number of benzene rings is 1. The Morgan fingerprint density at radius 2 is 1.76 bits per heavy atom. The number of carbonyl (C=O) groups is 2. The number of esters is 1. The number of hydrogen-bond acceptors (Lipinski definition) is 4. The predicted molar refractivity (Wildman–Crippen MR) is 103 cm³/mol. The van der Waals surface area contributed by atoms with Gasteiger partial charge in [0.05, 0.1) is 15.2 Å². The molecule has 0 aliphatic heterocycles. The fourth-order valence-corrected chi connectivity index (χ4v) is 5.84. The zero-order chi connectivity index (χ0) is 19.3.